The lowest BCUT2D eigenvalue weighted by atomic mass is 10.0. The third kappa shape index (κ3) is 31.8. The molecule has 0 radical (unpaired) electrons. The van der Waals surface area contributed by atoms with Crippen molar-refractivity contribution in [1.82, 2.24) is 5.32 Å². The normalized spacial score (nSPS) is 14.7. The van der Waals surface area contributed by atoms with Crippen molar-refractivity contribution in [1.29, 1.82) is 0 Å². The number of nitrogens with one attached hydrogen (secondary N) is 1. The van der Waals surface area contributed by atoms with Crippen LogP contribution in [0, 0.1) is 0 Å². The van der Waals surface area contributed by atoms with E-state index in [-0.39, 0.29) is 19.1 Å². The van der Waals surface area contributed by atoms with Gasteiger partial charge in [0.1, 0.15) is 13.2 Å². The van der Waals surface area contributed by atoms with E-state index in [0.717, 1.165) is 38.5 Å². The first-order valence-electron chi connectivity index (χ1n) is 18.9. The summed E-state index contributed by atoms with van der Waals surface area (Å²) in [5.41, 5.74) is 0. The minimum atomic E-state index is -4.29. The Morgan fingerprint density at radius 2 is 1.07 bits per heavy atom. The summed E-state index contributed by atoms with van der Waals surface area (Å²) in [5, 5.41) is 13.8. The minimum absolute atomic E-state index is 0.0777. The highest BCUT2D eigenvalue weighted by Gasteiger charge is 2.28. The summed E-state index contributed by atoms with van der Waals surface area (Å²) < 4.78 is 23.4. The number of rotatable bonds is 34. The van der Waals surface area contributed by atoms with Crippen LogP contribution in [0.1, 0.15) is 174 Å². The van der Waals surface area contributed by atoms with Crippen LogP contribution >= 0.6 is 7.82 Å². The standard InChI is InChI=1S/C36H75N2O6P/c1-6-8-10-12-14-16-17-18-19-20-21-22-24-26-28-30-36(40)37-34(33-44-45(41,42)43-32-31-38(3,4)5)35(39)29-27-25-23-15-13-11-9-7-2/h34-35,39H,6-33H2,1-5H3,(H-,37,40,41,42)/p+1. The summed E-state index contributed by atoms with van der Waals surface area (Å²) in [5.74, 6) is -0.146. The number of aliphatic hydroxyl groups excluding tert-OH is 1. The maximum Gasteiger partial charge on any atom is 0.472 e. The number of nitrogens with zero attached hydrogens (tertiary/aromatic N) is 1. The molecule has 45 heavy (non-hydrogen) atoms. The van der Waals surface area contributed by atoms with Crippen LogP contribution in [0.5, 0.6) is 0 Å². The maximum absolute atomic E-state index is 12.8. The van der Waals surface area contributed by atoms with E-state index in [0.29, 0.717) is 23.9 Å². The Balaban J connectivity index is 4.36. The van der Waals surface area contributed by atoms with Gasteiger partial charge in [-0.3, -0.25) is 13.8 Å². The summed E-state index contributed by atoms with van der Waals surface area (Å²) in [7, 11) is 1.62. The van der Waals surface area contributed by atoms with E-state index in [1.54, 1.807) is 0 Å². The number of phosphoric acid groups is 1. The molecule has 0 rings (SSSR count). The van der Waals surface area contributed by atoms with Gasteiger partial charge in [-0.15, -0.1) is 0 Å². The van der Waals surface area contributed by atoms with Crippen LogP contribution in [0.3, 0.4) is 0 Å². The molecule has 0 aromatic heterocycles. The van der Waals surface area contributed by atoms with Gasteiger partial charge in [0.25, 0.3) is 0 Å². The van der Waals surface area contributed by atoms with Gasteiger partial charge >= 0.3 is 7.82 Å². The quantitative estimate of drug-likeness (QED) is 0.0360. The SMILES string of the molecule is CCCCCCCCCCCCCCCCCC(=O)NC(COP(=O)(O)OCC[N+](C)(C)C)C(O)CCCCCCCCCC. The number of likely N-dealkylation sites (N-methyl/N-ethyl adjacent to an activating group) is 1. The largest absolute Gasteiger partial charge is 0.472 e. The van der Waals surface area contributed by atoms with Gasteiger partial charge in [-0.25, -0.2) is 4.57 Å². The Bertz CT molecular complexity index is 718. The van der Waals surface area contributed by atoms with E-state index in [1.807, 2.05) is 21.1 Å². The molecule has 8 nitrogen and oxygen atoms in total. The van der Waals surface area contributed by atoms with Gasteiger partial charge in [-0.2, -0.15) is 0 Å². The average molecular weight is 664 g/mol. The highest BCUT2D eigenvalue weighted by molar-refractivity contribution is 7.47. The van der Waals surface area contributed by atoms with Gasteiger partial charge in [0.15, 0.2) is 0 Å². The third-order valence-electron chi connectivity index (χ3n) is 8.61. The number of phosphoric ester groups is 1. The number of amides is 1. The molecule has 0 heterocycles. The lowest BCUT2D eigenvalue weighted by Crippen LogP contribution is -2.46. The Kier molecular flexibility index (Phi) is 29.3. The molecule has 0 spiro atoms. The van der Waals surface area contributed by atoms with Crippen LogP contribution in [-0.2, 0) is 18.4 Å². The lowest BCUT2D eigenvalue weighted by molar-refractivity contribution is -0.870. The number of unbranched alkanes of at least 4 members (excludes halogenated alkanes) is 21. The number of hydrogen-bond donors (Lipinski definition) is 3. The van der Waals surface area contributed by atoms with Crippen molar-refractivity contribution < 1.29 is 32.9 Å². The zero-order chi connectivity index (χ0) is 33.7. The second-order valence-corrected chi connectivity index (χ2v) is 15.8. The Morgan fingerprint density at radius 1 is 0.667 bits per heavy atom. The number of carbonyl (C=O) groups excluding carboxylic acids is 1. The van der Waals surface area contributed by atoms with Crippen molar-refractivity contribution in [3.63, 3.8) is 0 Å². The van der Waals surface area contributed by atoms with E-state index in [9.17, 15) is 19.4 Å². The molecular formula is C36H76N2O6P+. The summed E-state index contributed by atoms with van der Waals surface area (Å²) >= 11 is 0. The van der Waals surface area contributed by atoms with Crippen LogP contribution in [0.25, 0.3) is 0 Å². The zero-order valence-electron chi connectivity index (χ0n) is 30.4. The molecule has 0 bridgehead atoms. The van der Waals surface area contributed by atoms with E-state index in [1.165, 1.54) is 109 Å². The Morgan fingerprint density at radius 3 is 1.49 bits per heavy atom. The van der Waals surface area contributed by atoms with Crippen LogP contribution in [0.4, 0.5) is 0 Å². The molecule has 3 atom stereocenters. The fraction of sp³-hybridized carbons (Fsp3) is 0.972. The molecule has 9 heteroatoms. The lowest BCUT2D eigenvalue weighted by Gasteiger charge is -2.26. The second kappa shape index (κ2) is 29.6. The average Bonchev–Trinajstić information content (AvgIpc) is 2.97. The van der Waals surface area contributed by atoms with Gasteiger partial charge in [-0.05, 0) is 12.8 Å². The third-order valence-corrected chi connectivity index (χ3v) is 9.59. The minimum Gasteiger partial charge on any atom is -0.391 e. The molecule has 0 aromatic carbocycles. The second-order valence-electron chi connectivity index (χ2n) is 14.3. The molecule has 3 N–H and O–H groups in total. The van der Waals surface area contributed by atoms with E-state index < -0.39 is 20.0 Å². The van der Waals surface area contributed by atoms with Gasteiger partial charge in [-0.1, -0.05) is 155 Å². The van der Waals surface area contributed by atoms with Crippen molar-refractivity contribution in [3.05, 3.63) is 0 Å². The van der Waals surface area contributed by atoms with Crippen LogP contribution < -0.4 is 5.32 Å². The fourth-order valence-corrected chi connectivity index (χ4v) is 6.25. The summed E-state index contributed by atoms with van der Waals surface area (Å²) in [4.78, 5) is 22.9. The summed E-state index contributed by atoms with van der Waals surface area (Å²) in [6.07, 6.45) is 28.4. The molecular weight excluding hydrogens is 587 g/mol. The van der Waals surface area contributed by atoms with Gasteiger partial charge < -0.3 is 19.8 Å². The molecule has 0 aliphatic carbocycles. The number of carbonyl (C=O) groups is 1. The van der Waals surface area contributed by atoms with Crippen molar-refractivity contribution in [3.8, 4) is 0 Å². The van der Waals surface area contributed by atoms with Crippen molar-refractivity contribution in [2.75, 3.05) is 40.9 Å². The smallest absolute Gasteiger partial charge is 0.391 e. The Labute approximate surface area is 279 Å². The first-order valence-corrected chi connectivity index (χ1v) is 20.4. The van der Waals surface area contributed by atoms with Crippen LogP contribution in [0.15, 0.2) is 0 Å². The van der Waals surface area contributed by atoms with Crippen LogP contribution in [-0.4, -0.2) is 73.4 Å². The van der Waals surface area contributed by atoms with E-state index in [4.69, 9.17) is 9.05 Å². The first kappa shape index (κ1) is 44.5. The zero-order valence-corrected chi connectivity index (χ0v) is 31.3. The fourth-order valence-electron chi connectivity index (χ4n) is 5.52. The molecule has 0 saturated heterocycles. The molecule has 0 aliphatic rings. The topological polar surface area (TPSA) is 105 Å². The molecule has 0 aromatic rings. The van der Waals surface area contributed by atoms with Gasteiger partial charge in [0, 0.05) is 6.42 Å². The monoisotopic (exact) mass is 664 g/mol. The molecule has 1 amide bonds. The molecule has 0 fully saturated rings. The first-order chi connectivity index (χ1) is 21.5. The van der Waals surface area contributed by atoms with Crippen molar-refractivity contribution in [2.24, 2.45) is 0 Å². The highest BCUT2D eigenvalue weighted by Crippen LogP contribution is 2.43. The molecule has 0 saturated carbocycles. The predicted molar refractivity (Wildman–Crippen MR) is 189 cm³/mol. The molecule has 3 unspecified atom stereocenters. The van der Waals surface area contributed by atoms with Crippen LogP contribution in [0.2, 0.25) is 0 Å². The predicted octanol–water partition coefficient (Wildman–Crippen LogP) is 9.46. The number of quaternary nitrogens is 1. The summed E-state index contributed by atoms with van der Waals surface area (Å²) in [6.45, 7) is 4.85. The maximum atomic E-state index is 12.8. The highest BCUT2D eigenvalue weighted by atomic mass is 31.2. The van der Waals surface area contributed by atoms with E-state index in [2.05, 4.69) is 19.2 Å². The summed E-state index contributed by atoms with van der Waals surface area (Å²) in [6, 6.07) is -0.749. The molecule has 0 aliphatic heterocycles. The van der Waals surface area contributed by atoms with Gasteiger partial charge in [0.05, 0.1) is 39.9 Å². The number of aliphatic hydroxyl groups is 1. The molecule has 270 valence electrons. The number of hydrogen-bond acceptors (Lipinski definition) is 5. The Hall–Kier alpha value is -0.500. The van der Waals surface area contributed by atoms with Gasteiger partial charge in [0.2, 0.25) is 5.91 Å². The van der Waals surface area contributed by atoms with Crippen molar-refractivity contribution in [2.45, 2.75) is 187 Å². The van der Waals surface area contributed by atoms with Crippen molar-refractivity contribution >= 4 is 13.7 Å². The van der Waals surface area contributed by atoms with E-state index >= 15 is 0 Å².